The van der Waals surface area contributed by atoms with E-state index in [0.717, 1.165) is 23.3 Å². The zero-order chi connectivity index (χ0) is 40.4. The Labute approximate surface area is 327 Å². The number of ether oxygens (including phenoxy) is 2. The van der Waals surface area contributed by atoms with Crippen LogP contribution in [-0.4, -0.2) is 129 Å². The van der Waals surface area contributed by atoms with Crippen molar-refractivity contribution < 1.29 is 33.8 Å². The van der Waals surface area contributed by atoms with Gasteiger partial charge in [0.25, 0.3) is 0 Å². The molecule has 2 aromatic rings. The molecule has 0 spiro atoms. The van der Waals surface area contributed by atoms with Gasteiger partial charge in [0.2, 0.25) is 23.6 Å². The molecule has 0 saturated carbocycles. The van der Waals surface area contributed by atoms with Crippen LogP contribution in [0.3, 0.4) is 0 Å². The zero-order valence-corrected chi connectivity index (χ0v) is 35.1. The summed E-state index contributed by atoms with van der Waals surface area (Å²) in [6, 6.07) is 12.4. The Morgan fingerprint density at radius 3 is 2.19 bits per heavy atom. The monoisotopic (exact) mass is 773 g/mol. The first kappa shape index (κ1) is 46.8. The highest BCUT2D eigenvalue weighted by atomic mass is 32.1. The van der Waals surface area contributed by atoms with E-state index in [-0.39, 0.29) is 55.3 Å². The lowest BCUT2D eigenvalue weighted by molar-refractivity contribution is -0.146. The summed E-state index contributed by atoms with van der Waals surface area (Å²) >= 11 is 1.61. The standard InChI is InChI=1S/C38H59N5O7S.C3H8/c1-9-25(2)35(42(6)34(46)23-39-38(48)30(24-44)41(4)5)31(49-7)22-33(45)43-19-13-17-29(43)36(50-8)26(3)37(47)40-28(32-18-14-20-51-32)21-27-15-11-10-12-16-27;1-3-2/h10-12,14-16,18,20,25-26,28-31,35-36,44H,9,13,17,19,21-24H2,1-8H3,(H,39,48)(H,40,47);3H2,1-2H3. The van der Waals surface area contributed by atoms with Gasteiger partial charge in [0.15, 0.2) is 0 Å². The number of hydrogen-bond acceptors (Lipinski definition) is 9. The van der Waals surface area contributed by atoms with E-state index in [9.17, 15) is 24.3 Å². The number of benzene rings is 1. The van der Waals surface area contributed by atoms with Gasteiger partial charge in [-0.2, -0.15) is 0 Å². The summed E-state index contributed by atoms with van der Waals surface area (Å²) in [7, 11) is 8.16. The van der Waals surface area contributed by atoms with Gasteiger partial charge in [-0.15, -0.1) is 11.3 Å². The maximum absolute atomic E-state index is 14.1. The number of carbonyl (C=O) groups is 4. The molecular weight excluding hydrogens is 707 g/mol. The molecule has 1 aliphatic heterocycles. The van der Waals surface area contributed by atoms with Gasteiger partial charge in [-0.25, -0.2) is 0 Å². The molecule has 2 heterocycles. The number of methoxy groups -OCH3 is 2. The van der Waals surface area contributed by atoms with E-state index in [2.05, 4.69) is 36.6 Å². The second kappa shape index (κ2) is 24.2. The van der Waals surface area contributed by atoms with Gasteiger partial charge in [0, 0.05) is 32.7 Å². The fraction of sp³-hybridized carbons (Fsp3) is 0.659. The van der Waals surface area contributed by atoms with Gasteiger partial charge in [0.05, 0.1) is 55.8 Å². The van der Waals surface area contributed by atoms with Gasteiger partial charge in [-0.3, -0.25) is 24.1 Å². The SMILES string of the molecule is CCC.CCC(C)C(C(CC(=O)N1CCCC1C(OC)C(C)C(=O)NC(Cc1ccccc1)c1cccs1)OC)N(C)C(=O)CNC(=O)C(CO)N(C)C. The number of aliphatic hydroxyl groups is 1. The van der Waals surface area contributed by atoms with Gasteiger partial charge < -0.3 is 35.0 Å². The van der Waals surface area contributed by atoms with Crippen LogP contribution in [0.25, 0.3) is 0 Å². The number of likely N-dealkylation sites (N-methyl/N-ethyl adjacent to an activating group) is 2. The average molecular weight is 774 g/mol. The maximum atomic E-state index is 14.1. The summed E-state index contributed by atoms with van der Waals surface area (Å²) in [4.78, 5) is 59.9. The van der Waals surface area contributed by atoms with Crippen LogP contribution in [0.5, 0.6) is 0 Å². The first-order chi connectivity index (χ1) is 25.8. The largest absolute Gasteiger partial charge is 0.394 e. The molecular formula is C41H67N5O7S. The van der Waals surface area contributed by atoms with E-state index in [1.807, 2.05) is 61.4 Å². The Morgan fingerprint density at radius 2 is 1.65 bits per heavy atom. The summed E-state index contributed by atoms with van der Waals surface area (Å²) in [6.07, 6.45) is 3.02. The fourth-order valence-electron chi connectivity index (χ4n) is 7.08. The summed E-state index contributed by atoms with van der Waals surface area (Å²) < 4.78 is 11.9. The van der Waals surface area contributed by atoms with Crippen LogP contribution in [0.15, 0.2) is 47.8 Å². The smallest absolute Gasteiger partial charge is 0.242 e. The number of rotatable bonds is 20. The first-order valence-electron chi connectivity index (χ1n) is 19.3. The van der Waals surface area contributed by atoms with Crippen LogP contribution in [0.2, 0.25) is 0 Å². The second-order valence-corrected chi connectivity index (χ2v) is 15.5. The molecule has 304 valence electrons. The third kappa shape index (κ3) is 13.4. The van der Waals surface area contributed by atoms with Crippen molar-refractivity contribution in [3.8, 4) is 0 Å². The predicted octanol–water partition coefficient (Wildman–Crippen LogP) is 4.52. The molecule has 13 heteroatoms. The normalized spacial score (nSPS) is 18.0. The summed E-state index contributed by atoms with van der Waals surface area (Å²) in [6.45, 7) is 10.0. The number of thiophene rings is 1. The maximum Gasteiger partial charge on any atom is 0.242 e. The van der Waals surface area contributed by atoms with Crippen LogP contribution in [0, 0.1) is 11.8 Å². The minimum absolute atomic E-state index is 0.0173. The minimum atomic E-state index is -0.771. The molecule has 12 nitrogen and oxygen atoms in total. The molecule has 4 amide bonds. The molecule has 1 aromatic carbocycles. The second-order valence-electron chi connectivity index (χ2n) is 14.5. The highest BCUT2D eigenvalue weighted by Gasteiger charge is 2.42. The van der Waals surface area contributed by atoms with Crippen LogP contribution < -0.4 is 10.6 Å². The molecule has 1 fully saturated rings. The van der Waals surface area contributed by atoms with Crippen molar-refractivity contribution in [2.75, 3.05) is 55.1 Å². The summed E-state index contributed by atoms with van der Waals surface area (Å²) in [5, 5.41) is 17.5. The number of amides is 4. The van der Waals surface area contributed by atoms with Crippen LogP contribution in [-0.2, 0) is 35.1 Å². The van der Waals surface area contributed by atoms with Crippen LogP contribution in [0.1, 0.15) is 83.2 Å². The third-order valence-corrected chi connectivity index (χ3v) is 11.3. The van der Waals surface area contributed by atoms with E-state index < -0.39 is 36.1 Å². The molecule has 1 saturated heterocycles. The molecule has 8 atom stereocenters. The molecule has 3 rings (SSSR count). The molecule has 0 aliphatic carbocycles. The number of nitrogens with one attached hydrogen (secondary N) is 2. The Bertz CT molecular complexity index is 1400. The highest BCUT2D eigenvalue weighted by molar-refractivity contribution is 7.10. The lowest BCUT2D eigenvalue weighted by Crippen LogP contribution is -2.55. The fourth-order valence-corrected chi connectivity index (χ4v) is 7.85. The Kier molecular flexibility index (Phi) is 21.0. The molecule has 3 N–H and O–H groups in total. The molecule has 1 aliphatic rings. The van der Waals surface area contributed by atoms with Crippen LogP contribution >= 0.6 is 11.3 Å². The minimum Gasteiger partial charge on any atom is -0.394 e. The third-order valence-electron chi connectivity index (χ3n) is 10.3. The topological polar surface area (TPSA) is 141 Å². The van der Waals surface area contributed by atoms with E-state index >= 15 is 0 Å². The predicted molar refractivity (Wildman–Crippen MR) is 215 cm³/mol. The number of nitrogens with zero attached hydrogens (tertiary/aromatic N) is 3. The van der Waals surface area contributed by atoms with Crippen molar-refractivity contribution in [2.24, 2.45) is 11.8 Å². The summed E-state index contributed by atoms with van der Waals surface area (Å²) in [5.41, 5.74) is 1.12. The molecule has 1 aromatic heterocycles. The number of hydrogen-bond donors (Lipinski definition) is 3. The van der Waals surface area contributed by atoms with Gasteiger partial charge in [-0.05, 0) is 56.3 Å². The van der Waals surface area contributed by atoms with Crippen molar-refractivity contribution in [3.05, 3.63) is 58.3 Å². The Morgan fingerprint density at radius 1 is 0.981 bits per heavy atom. The van der Waals surface area contributed by atoms with E-state index in [1.165, 1.54) is 6.42 Å². The molecule has 0 bridgehead atoms. The number of aliphatic hydroxyl groups excluding tert-OH is 1. The lowest BCUT2D eigenvalue weighted by Gasteiger charge is -2.39. The van der Waals surface area contributed by atoms with E-state index in [1.54, 1.807) is 56.5 Å². The average Bonchev–Trinajstić information content (AvgIpc) is 3.88. The van der Waals surface area contributed by atoms with Gasteiger partial charge in [0.1, 0.15) is 6.04 Å². The van der Waals surface area contributed by atoms with E-state index in [4.69, 9.17) is 9.47 Å². The van der Waals surface area contributed by atoms with Crippen molar-refractivity contribution in [1.29, 1.82) is 0 Å². The van der Waals surface area contributed by atoms with Gasteiger partial charge >= 0.3 is 0 Å². The Hall–Kier alpha value is -3.36. The summed E-state index contributed by atoms with van der Waals surface area (Å²) in [5.74, 6) is -1.59. The number of carbonyl (C=O) groups excluding carboxylic acids is 4. The van der Waals surface area contributed by atoms with Crippen molar-refractivity contribution in [2.45, 2.75) is 110 Å². The molecule has 0 radical (unpaired) electrons. The molecule has 8 unspecified atom stereocenters. The number of likely N-dealkylation sites (tertiary alicyclic amines) is 1. The zero-order valence-electron chi connectivity index (χ0n) is 34.2. The van der Waals surface area contributed by atoms with Crippen molar-refractivity contribution in [3.63, 3.8) is 0 Å². The quantitative estimate of drug-likeness (QED) is 0.179. The Balaban J connectivity index is 0.00000325. The molecule has 54 heavy (non-hydrogen) atoms. The highest BCUT2D eigenvalue weighted by Crippen LogP contribution is 2.30. The van der Waals surface area contributed by atoms with Gasteiger partial charge in [-0.1, -0.05) is 83.9 Å². The van der Waals surface area contributed by atoms with Crippen LogP contribution in [0.4, 0.5) is 0 Å². The van der Waals surface area contributed by atoms with Crippen molar-refractivity contribution >= 4 is 35.0 Å². The lowest BCUT2D eigenvalue weighted by atomic mass is 9.90. The van der Waals surface area contributed by atoms with Crippen molar-refractivity contribution in [1.82, 2.24) is 25.3 Å². The first-order valence-corrected chi connectivity index (χ1v) is 20.2. The van der Waals surface area contributed by atoms with E-state index in [0.29, 0.717) is 19.4 Å².